The van der Waals surface area contributed by atoms with Crippen LogP contribution in [0.25, 0.3) is 0 Å². The van der Waals surface area contributed by atoms with E-state index in [4.69, 9.17) is 0 Å². The second-order valence-corrected chi connectivity index (χ2v) is 6.53. The average Bonchev–Trinajstić information content (AvgIpc) is 2.15. The number of rotatable bonds is 8. The maximum atomic E-state index is 2.58. The molecule has 0 nitrogen and oxygen atoms in total. The van der Waals surface area contributed by atoms with Crippen molar-refractivity contribution < 1.29 is 0 Å². The van der Waals surface area contributed by atoms with E-state index in [0.29, 0.717) is 5.31 Å². The van der Waals surface area contributed by atoms with E-state index in [1.807, 2.05) is 0 Å². The minimum Gasteiger partial charge on any atom is -0.0793 e. The quantitative estimate of drug-likeness (QED) is 0.481. The highest BCUT2D eigenvalue weighted by Gasteiger charge is 2.26. The molecule has 0 N–H and O–H groups in total. The van der Waals surface area contributed by atoms with Crippen molar-refractivity contribution >= 4 is 7.28 Å². The van der Waals surface area contributed by atoms with Crippen molar-refractivity contribution in [2.24, 2.45) is 17.8 Å². The van der Waals surface area contributed by atoms with Gasteiger partial charge in [0.15, 0.2) is 0 Å². The van der Waals surface area contributed by atoms with Crippen LogP contribution in [0.3, 0.4) is 0 Å². The molecule has 0 spiro atoms. The molecule has 2 unspecified atom stereocenters. The third kappa shape index (κ3) is 5.96. The molecule has 1 radical (unpaired) electrons. The van der Waals surface area contributed by atoms with Crippen LogP contribution in [0.1, 0.15) is 67.7 Å². The molecule has 0 fully saturated rings. The first-order valence-electron chi connectivity index (χ1n) is 7.16. The van der Waals surface area contributed by atoms with Crippen molar-refractivity contribution in [3.63, 3.8) is 0 Å². The first kappa shape index (κ1) is 16.1. The SMILES string of the molecule is CCC(C)([B]CCC(C)CC(C)C)C(C)C. The minimum atomic E-state index is 0.442. The van der Waals surface area contributed by atoms with E-state index in [-0.39, 0.29) is 0 Å². The summed E-state index contributed by atoms with van der Waals surface area (Å²) in [6.45, 7) is 16.5. The minimum absolute atomic E-state index is 0.442. The molecule has 95 valence electrons. The van der Waals surface area contributed by atoms with Crippen LogP contribution in [0.15, 0.2) is 0 Å². The molecule has 0 aromatic rings. The lowest BCUT2D eigenvalue weighted by Gasteiger charge is -2.32. The van der Waals surface area contributed by atoms with Crippen molar-refractivity contribution in [1.82, 2.24) is 0 Å². The maximum absolute atomic E-state index is 2.58. The summed E-state index contributed by atoms with van der Waals surface area (Å²) in [6, 6.07) is 0. The van der Waals surface area contributed by atoms with Gasteiger partial charge in [-0.25, -0.2) is 0 Å². The normalized spacial score (nSPS) is 17.6. The summed E-state index contributed by atoms with van der Waals surface area (Å²) in [5.74, 6) is 2.49. The number of hydrogen-bond acceptors (Lipinski definition) is 0. The van der Waals surface area contributed by atoms with Gasteiger partial charge in [-0.3, -0.25) is 0 Å². The average molecular weight is 223 g/mol. The Morgan fingerprint density at radius 1 is 1.06 bits per heavy atom. The van der Waals surface area contributed by atoms with E-state index in [0.717, 1.165) is 17.8 Å². The molecule has 0 aromatic heterocycles. The third-order valence-electron chi connectivity index (χ3n) is 4.22. The van der Waals surface area contributed by atoms with E-state index in [1.165, 1.54) is 25.6 Å². The first-order valence-corrected chi connectivity index (χ1v) is 7.16. The van der Waals surface area contributed by atoms with Gasteiger partial charge in [0.25, 0.3) is 0 Å². The van der Waals surface area contributed by atoms with Gasteiger partial charge >= 0.3 is 0 Å². The van der Waals surface area contributed by atoms with Crippen molar-refractivity contribution in [3.8, 4) is 0 Å². The van der Waals surface area contributed by atoms with Crippen LogP contribution in [0.4, 0.5) is 0 Å². The van der Waals surface area contributed by atoms with Gasteiger partial charge in [0, 0.05) is 0 Å². The van der Waals surface area contributed by atoms with Gasteiger partial charge in [0.2, 0.25) is 0 Å². The smallest absolute Gasteiger partial charge is 0.0793 e. The van der Waals surface area contributed by atoms with Crippen LogP contribution in [0, 0.1) is 17.8 Å². The molecule has 0 saturated carbocycles. The lowest BCUT2D eigenvalue weighted by atomic mass is 9.45. The molecule has 0 bridgehead atoms. The van der Waals surface area contributed by atoms with E-state index in [9.17, 15) is 0 Å². The Labute approximate surface area is 105 Å². The fraction of sp³-hybridized carbons (Fsp3) is 1.00. The molecular weight excluding hydrogens is 191 g/mol. The molecule has 0 aromatic carbocycles. The Bertz CT molecular complexity index is 174. The summed E-state index contributed by atoms with van der Waals surface area (Å²) in [5.41, 5.74) is 0. The maximum Gasteiger partial charge on any atom is 0.117 e. The van der Waals surface area contributed by atoms with Gasteiger partial charge < -0.3 is 0 Å². The molecule has 16 heavy (non-hydrogen) atoms. The predicted octanol–water partition coefficient (Wildman–Crippen LogP) is 5.43. The Balaban J connectivity index is 3.87. The molecule has 0 saturated heterocycles. The topological polar surface area (TPSA) is 0 Å². The Morgan fingerprint density at radius 2 is 1.62 bits per heavy atom. The second-order valence-electron chi connectivity index (χ2n) is 6.53. The molecule has 2 atom stereocenters. The van der Waals surface area contributed by atoms with Crippen molar-refractivity contribution in [3.05, 3.63) is 0 Å². The molecular formula is C15H32B. The van der Waals surface area contributed by atoms with Gasteiger partial charge in [0.1, 0.15) is 7.28 Å². The summed E-state index contributed by atoms with van der Waals surface area (Å²) in [7, 11) is 2.58. The van der Waals surface area contributed by atoms with Crippen LogP contribution in [0.2, 0.25) is 11.6 Å². The van der Waals surface area contributed by atoms with Gasteiger partial charge in [-0.2, -0.15) is 0 Å². The summed E-state index contributed by atoms with van der Waals surface area (Å²) in [5, 5.41) is 0.442. The number of hydrogen-bond donors (Lipinski definition) is 0. The van der Waals surface area contributed by atoms with Crippen LogP contribution < -0.4 is 0 Å². The molecule has 0 aliphatic heterocycles. The predicted molar refractivity (Wildman–Crippen MR) is 77.3 cm³/mol. The van der Waals surface area contributed by atoms with Crippen molar-refractivity contribution in [2.75, 3.05) is 0 Å². The molecule has 0 aliphatic rings. The highest BCUT2D eigenvalue weighted by atomic mass is 14.2. The molecule has 0 aliphatic carbocycles. The lowest BCUT2D eigenvalue weighted by molar-refractivity contribution is 0.410. The summed E-state index contributed by atoms with van der Waals surface area (Å²) in [6.07, 6.45) is 5.29. The highest BCUT2D eigenvalue weighted by molar-refractivity contribution is 6.40. The van der Waals surface area contributed by atoms with Gasteiger partial charge in [-0.05, 0) is 24.2 Å². The van der Waals surface area contributed by atoms with E-state index < -0.39 is 0 Å². The van der Waals surface area contributed by atoms with E-state index in [1.54, 1.807) is 0 Å². The molecule has 0 amide bonds. The third-order valence-corrected chi connectivity index (χ3v) is 4.22. The molecule has 1 heteroatoms. The summed E-state index contributed by atoms with van der Waals surface area (Å²) >= 11 is 0. The first-order chi connectivity index (χ1) is 7.31. The van der Waals surface area contributed by atoms with E-state index >= 15 is 0 Å². The fourth-order valence-electron chi connectivity index (χ4n) is 2.41. The summed E-state index contributed by atoms with van der Waals surface area (Å²) in [4.78, 5) is 0. The van der Waals surface area contributed by atoms with Gasteiger partial charge in [-0.15, -0.1) is 0 Å². The Kier molecular flexibility index (Phi) is 7.43. The van der Waals surface area contributed by atoms with Crippen molar-refractivity contribution in [1.29, 1.82) is 0 Å². The molecule has 0 rings (SSSR count). The fourth-order valence-corrected chi connectivity index (χ4v) is 2.41. The van der Waals surface area contributed by atoms with E-state index in [2.05, 4.69) is 55.7 Å². The Morgan fingerprint density at radius 3 is 2.00 bits per heavy atom. The van der Waals surface area contributed by atoms with Crippen molar-refractivity contribution in [2.45, 2.75) is 79.4 Å². The van der Waals surface area contributed by atoms with Gasteiger partial charge in [-0.1, -0.05) is 72.9 Å². The van der Waals surface area contributed by atoms with Gasteiger partial charge in [0.05, 0.1) is 0 Å². The zero-order chi connectivity index (χ0) is 12.8. The molecule has 0 heterocycles. The largest absolute Gasteiger partial charge is 0.117 e. The van der Waals surface area contributed by atoms with Crippen LogP contribution in [-0.2, 0) is 0 Å². The summed E-state index contributed by atoms with van der Waals surface area (Å²) < 4.78 is 0. The second kappa shape index (κ2) is 7.40. The monoisotopic (exact) mass is 223 g/mol. The standard InChI is InChI=1S/C15H32B/c1-8-15(7,13(4)5)16-10-9-14(6)11-12(2)3/h12-14H,8-11H2,1-7H3. The van der Waals surface area contributed by atoms with Crippen LogP contribution in [-0.4, -0.2) is 7.28 Å². The Hall–Kier alpha value is 0.0649. The highest BCUT2D eigenvalue weighted by Crippen LogP contribution is 2.38. The lowest BCUT2D eigenvalue weighted by Crippen LogP contribution is -2.22. The zero-order valence-electron chi connectivity index (χ0n) is 12.6. The van der Waals surface area contributed by atoms with Crippen LogP contribution >= 0.6 is 0 Å². The van der Waals surface area contributed by atoms with Crippen LogP contribution in [0.5, 0.6) is 0 Å². The zero-order valence-corrected chi connectivity index (χ0v) is 12.6.